The topological polar surface area (TPSA) is 41.1 Å². The normalized spacial score (nSPS) is 19.6. The maximum Gasteiger partial charge on any atom is 0.230 e. The van der Waals surface area contributed by atoms with Crippen molar-refractivity contribution in [3.8, 4) is 0 Å². The third-order valence-electron chi connectivity index (χ3n) is 4.23. The van der Waals surface area contributed by atoms with Crippen molar-refractivity contribution in [1.82, 2.24) is 5.32 Å². The highest BCUT2D eigenvalue weighted by Crippen LogP contribution is 2.33. The predicted octanol–water partition coefficient (Wildman–Crippen LogP) is 3.37. The van der Waals surface area contributed by atoms with Crippen molar-refractivity contribution < 1.29 is 4.79 Å². The Hall–Kier alpha value is -1.00. The summed E-state index contributed by atoms with van der Waals surface area (Å²) in [7, 11) is 0. The minimum atomic E-state index is -0.344. The smallest absolute Gasteiger partial charge is 0.230 e. The van der Waals surface area contributed by atoms with Gasteiger partial charge >= 0.3 is 0 Å². The van der Waals surface area contributed by atoms with E-state index in [9.17, 15) is 4.79 Å². The zero-order valence-electron chi connectivity index (χ0n) is 12.5. The molecule has 110 valence electrons. The second-order valence-electron chi connectivity index (χ2n) is 5.95. The van der Waals surface area contributed by atoms with E-state index >= 15 is 0 Å². The van der Waals surface area contributed by atoms with E-state index in [0.717, 1.165) is 31.6 Å². The Bertz CT molecular complexity index is 467. The molecule has 1 atom stereocenters. The van der Waals surface area contributed by atoms with E-state index in [1.54, 1.807) is 11.8 Å². The first-order valence-corrected chi connectivity index (χ1v) is 8.42. The third kappa shape index (κ3) is 3.55. The molecule has 0 radical (unpaired) electrons. The van der Waals surface area contributed by atoms with E-state index in [0.29, 0.717) is 5.92 Å². The molecule has 1 aromatic rings. The van der Waals surface area contributed by atoms with Crippen molar-refractivity contribution in [2.75, 3.05) is 24.7 Å². The number of rotatable bonds is 4. The monoisotopic (exact) mass is 292 g/mol. The molecular weight excluding hydrogens is 268 g/mol. The maximum absolute atomic E-state index is 12.6. The van der Waals surface area contributed by atoms with E-state index < -0.39 is 0 Å². The lowest BCUT2D eigenvalue weighted by Crippen LogP contribution is -2.44. The van der Waals surface area contributed by atoms with E-state index in [4.69, 9.17) is 0 Å². The molecule has 0 saturated carbocycles. The van der Waals surface area contributed by atoms with Gasteiger partial charge in [-0.2, -0.15) is 0 Å². The molecule has 0 bridgehead atoms. The molecule has 1 aliphatic heterocycles. The molecule has 1 unspecified atom stereocenters. The zero-order valence-corrected chi connectivity index (χ0v) is 13.3. The van der Waals surface area contributed by atoms with Crippen LogP contribution in [0.5, 0.6) is 0 Å². The minimum absolute atomic E-state index is 0.115. The molecule has 20 heavy (non-hydrogen) atoms. The van der Waals surface area contributed by atoms with Crippen LogP contribution in [0, 0.1) is 11.3 Å². The summed E-state index contributed by atoms with van der Waals surface area (Å²) in [6, 6.07) is 8.01. The Labute approximate surface area is 125 Å². The number of amides is 1. The molecular formula is C16H24N2OS. The molecule has 0 spiro atoms. The molecule has 1 amide bonds. The van der Waals surface area contributed by atoms with Gasteiger partial charge in [0, 0.05) is 16.0 Å². The summed E-state index contributed by atoms with van der Waals surface area (Å²) in [5.74, 6) is 0.518. The number of anilines is 1. The van der Waals surface area contributed by atoms with Gasteiger partial charge in [0.15, 0.2) is 0 Å². The highest BCUT2D eigenvalue weighted by Gasteiger charge is 2.37. The number of hydrogen-bond acceptors (Lipinski definition) is 3. The standard InChI is InChI=1S/C16H24N2OS/c1-16(2,12-6-5-9-17-11-12)15(19)18-13-7-4-8-14(10-13)20-3/h4,7-8,10,12,17H,5-6,9,11H2,1-3H3,(H,18,19). The van der Waals surface area contributed by atoms with E-state index in [1.807, 2.05) is 24.5 Å². The zero-order chi connectivity index (χ0) is 14.6. The lowest BCUT2D eigenvalue weighted by Gasteiger charge is -2.36. The number of benzene rings is 1. The quantitative estimate of drug-likeness (QED) is 0.836. The number of thioether (sulfide) groups is 1. The summed E-state index contributed by atoms with van der Waals surface area (Å²) < 4.78 is 0. The van der Waals surface area contributed by atoms with E-state index in [2.05, 4.69) is 30.5 Å². The molecule has 0 aliphatic carbocycles. The third-order valence-corrected chi connectivity index (χ3v) is 4.96. The first kappa shape index (κ1) is 15.4. The van der Waals surface area contributed by atoms with Crippen LogP contribution in [-0.2, 0) is 4.79 Å². The molecule has 2 N–H and O–H groups in total. The van der Waals surface area contributed by atoms with Crippen LogP contribution in [0.25, 0.3) is 0 Å². The molecule has 1 fully saturated rings. The lowest BCUT2D eigenvalue weighted by molar-refractivity contribution is -0.127. The maximum atomic E-state index is 12.6. The van der Waals surface area contributed by atoms with Gasteiger partial charge in [-0.1, -0.05) is 19.9 Å². The van der Waals surface area contributed by atoms with Crippen LogP contribution in [0.2, 0.25) is 0 Å². The summed E-state index contributed by atoms with van der Waals surface area (Å²) in [5, 5.41) is 6.47. The van der Waals surface area contributed by atoms with Gasteiger partial charge in [0.1, 0.15) is 0 Å². The van der Waals surface area contributed by atoms with Crippen molar-refractivity contribution in [1.29, 1.82) is 0 Å². The number of carbonyl (C=O) groups is 1. The van der Waals surface area contributed by atoms with Gasteiger partial charge in [-0.15, -0.1) is 11.8 Å². The largest absolute Gasteiger partial charge is 0.326 e. The van der Waals surface area contributed by atoms with Crippen LogP contribution in [0.15, 0.2) is 29.2 Å². The average Bonchev–Trinajstić information content (AvgIpc) is 2.48. The first-order valence-electron chi connectivity index (χ1n) is 7.20. The highest BCUT2D eigenvalue weighted by molar-refractivity contribution is 7.98. The molecule has 1 saturated heterocycles. The number of carbonyl (C=O) groups excluding carboxylic acids is 1. The van der Waals surface area contributed by atoms with Crippen molar-refractivity contribution >= 4 is 23.4 Å². The van der Waals surface area contributed by atoms with Crippen LogP contribution in [0.3, 0.4) is 0 Å². The van der Waals surface area contributed by atoms with Crippen LogP contribution in [0.1, 0.15) is 26.7 Å². The second-order valence-corrected chi connectivity index (χ2v) is 6.83. The fourth-order valence-electron chi connectivity index (χ4n) is 2.65. The Morgan fingerprint density at radius 2 is 2.25 bits per heavy atom. The van der Waals surface area contributed by atoms with Gasteiger partial charge in [0.25, 0.3) is 0 Å². The van der Waals surface area contributed by atoms with Crippen LogP contribution >= 0.6 is 11.8 Å². The molecule has 3 nitrogen and oxygen atoms in total. The molecule has 1 heterocycles. The fraction of sp³-hybridized carbons (Fsp3) is 0.562. The Balaban J connectivity index is 2.05. The van der Waals surface area contributed by atoms with Gasteiger partial charge in [0.2, 0.25) is 5.91 Å². The fourth-order valence-corrected chi connectivity index (χ4v) is 3.11. The lowest BCUT2D eigenvalue weighted by atomic mass is 9.74. The minimum Gasteiger partial charge on any atom is -0.326 e. The average molecular weight is 292 g/mol. The number of piperidine rings is 1. The van der Waals surface area contributed by atoms with Gasteiger partial charge < -0.3 is 10.6 Å². The molecule has 2 rings (SSSR count). The molecule has 1 aliphatic rings. The summed E-state index contributed by atoms with van der Waals surface area (Å²) in [6.45, 7) is 6.12. The highest BCUT2D eigenvalue weighted by atomic mass is 32.2. The van der Waals surface area contributed by atoms with Crippen LogP contribution in [0.4, 0.5) is 5.69 Å². The van der Waals surface area contributed by atoms with Gasteiger partial charge in [-0.3, -0.25) is 4.79 Å². The van der Waals surface area contributed by atoms with Crippen molar-refractivity contribution in [3.05, 3.63) is 24.3 Å². The first-order chi connectivity index (χ1) is 9.54. The van der Waals surface area contributed by atoms with Crippen molar-refractivity contribution in [3.63, 3.8) is 0 Å². The van der Waals surface area contributed by atoms with E-state index in [-0.39, 0.29) is 11.3 Å². The predicted molar refractivity (Wildman–Crippen MR) is 86.2 cm³/mol. The van der Waals surface area contributed by atoms with Crippen molar-refractivity contribution in [2.24, 2.45) is 11.3 Å². The Morgan fingerprint density at radius 1 is 1.45 bits per heavy atom. The molecule has 4 heteroatoms. The number of nitrogens with one attached hydrogen (secondary N) is 2. The summed E-state index contributed by atoms with van der Waals surface area (Å²) in [5.41, 5.74) is 0.543. The second kappa shape index (κ2) is 6.64. The van der Waals surface area contributed by atoms with Crippen molar-refractivity contribution in [2.45, 2.75) is 31.6 Å². The molecule has 1 aromatic carbocycles. The van der Waals surface area contributed by atoms with Gasteiger partial charge in [-0.05, 0) is 56.3 Å². The number of hydrogen-bond donors (Lipinski definition) is 2. The van der Waals surface area contributed by atoms with Gasteiger partial charge in [-0.25, -0.2) is 0 Å². The van der Waals surface area contributed by atoms with Gasteiger partial charge in [0.05, 0.1) is 0 Å². The Kier molecular flexibility index (Phi) is 5.11. The SMILES string of the molecule is CSc1cccc(NC(=O)C(C)(C)C2CCCNC2)c1. The van der Waals surface area contributed by atoms with Crippen LogP contribution in [-0.4, -0.2) is 25.3 Å². The summed E-state index contributed by atoms with van der Waals surface area (Å²) in [4.78, 5) is 13.8. The summed E-state index contributed by atoms with van der Waals surface area (Å²) in [6.07, 6.45) is 4.32. The van der Waals surface area contributed by atoms with Crippen LogP contribution < -0.4 is 10.6 Å². The Morgan fingerprint density at radius 3 is 2.90 bits per heavy atom. The van der Waals surface area contributed by atoms with E-state index in [1.165, 1.54) is 4.90 Å². The molecule has 0 aromatic heterocycles. The summed E-state index contributed by atoms with van der Waals surface area (Å²) >= 11 is 1.68.